The molecule has 0 radical (unpaired) electrons. The molecule has 2 aromatic heterocycles. The van der Waals surface area contributed by atoms with Gasteiger partial charge in [0.1, 0.15) is 5.82 Å². The minimum Gasteiger partial charge on any atom is -0.391 e. The molecule has 2 aromatic rings. The van der Waals surface area contributed by atoms with Crippen LogP contribution in [0.1, 0.15) is 19.2 Å². The predicted molar refractivity (Wildman–Crippen MR) is 62.8 cm³/mol. The minimum atomic E-state index is 0.814. The summed E-state index contributed by atoms with van der Waals surface area (Å²) >= 11 is 1.55. The van der Waals surface area contributed by atoms with Gasteiger partial charge in [-0.2, -0.15) is 0 Å². The second-order valence-corrected chi connectivity index (χ2v) is 4.54. The highest BCUT2D eigenvalue weighted by Gasteiger charge is 2.11. The number of aryl methyl sites for hydroxylation is 1. The van der Waals surface area contributed by atoms with Crippen molar-refractivity contribution < 1.29 is 0 Å². The van der Waals surface area contributed by atoms with E-state index in [2.05, 4.69) is 21.7 Å². The summed E-state index contributed by atoms with van der Waals surface area (Å²) in [5, 5.41) is 9.10. The minimum absolute atomic E-state index is 0.814. The van der Waals surface area contributed by atoms with Gasteiger partial charge in [-0.3, -0.25) is 0 Å². The molecule has 0 fully saturated rings. The van der Waals surface area contributed by atoms with E-state index in [4.69, 9.17) is 5.73 Å². The molecule has 15 heavy (non-hydrogen) atoms. The van der Waals surface area contributed by atoms with Gasteiger partial charge in [0.05, 0.1) is 9.88 Å². The lowest BCUT2D eigenvalue weighted by Gasteiger charge is -2.04. The lowest BCUT2D eigenvalue weighted by molar-refractivity contribution is 0.663. The van der Waals surface area contributed by atoms with Crippen molar-refractivity contribution in [2.75, 3.05) is 5.73 Å². The fourth-order valence-corrected chi connectivity index (χ4v) is 2.30. The van der Waals surface area contributed by atoms with E-state index in [1.54, 1.807) is 11.3 Å². The van der Waals surface area contributed by atoms with Crippen molar-refractivity contribution in [1.82, 2.24) is 14.8 Å². The lowest BCUT2D eigenvalue weighted by Crippen LogP contribution is -2.01. The van der Waals surface area contributed by atoms with Crippen LogP contribution in [0.15, 0.2) is 12.1 Å². The van der Waals surface area contributed by atoms with E-state index < -0.39 is 0 Å². The van der Waals surface area contributed by atoms with Crippen LogP contribution in [0.4, 0.5) is 5.00 Å². The Bertz CT molecular complexity index is 458. The van der Waals surface area contributed by atoms with Gasteiger partial charge in [-0.1, -0.05) is 6.92 Å². The van der Waals surface area contributed by atoms with Gasteiger partial charge >= 0.3 is 0 Å². The van der Waals surface area contributed by atoms with E-state index in [1.807, 2.05) is 19.1 Å². The molecule has 0 aliphatic heterocycles. The van der Waals surface area contributed by atoms with Gasteiger partial charge in [0.25, 0.3) is 0 Å². The van der Waals surface area contributed by atoms with Crippen LogP contribution in [0.5, 0.6) is 0 Å². The third kappa shape index (κ3) is 1.87. The van der Waals surface area contributed by atoms with Gasteiger partial charge in [0, 0.05) is 6.54 Å². The van der Waals surface area contributed by atoms with E-state index in [9.17, 15) is 0 Å². The molecule has 0 saturated carbocycles. The van der Waals surface area contributed by atoms with Crippen molar-refractivity contribution in [3.05, 3.63) is 18.0 Å². The van der Waals surface area contributed by atoms with Crippen molar-refractivity contribution in [2.24, 2.45) is 0 Å². The predicted octanol–water partition coefficient (Wildman–Crippen LogP) is 2.31. The Morgan fingerprint density at radius 2 is 2.20 bits per heavy atom. The van der Waals surface area contributed by atoms with Crippen LogP contribution in [0.2, 0.25) is 0 Å². The number of nitrogens with zero attached hydrogens (tertiary/aromatic N) is 3. The summed E-state index contributed by atoms with van der Waals surface area (Å²) in [5.74, 6) is 1.88. The third-order valence-corrected chi connectivity index (χ3v) is 3.14. The SMILES string of the molecule is CCCn1c(C)nnc1-c1ccc(N)s1. The van der Waals surface area contributed by atoms with Crippen LogP contribution >= 0.6 is 11.3 Å². The molecule has 0 saturated heterocycles. The number of nitrogen functional groups attached to an aromatic ring is 1. The van der Waals surface area contributed by atoms with E-state index in [1.165, 1.54) is 0 Å². The number of hydrogen-bond donors (Lipinski definition) is 1. The maximum atomic E-state index is 5.71. The zero-order valence-electron chi connectivity index (χ0n) is 8.90. The smallest absolute Gasteiger partial charge is 0.174 e. The molecular weight excluding hydrogens is 208 g/mol. The van der Waals surface area contributed by atoms with Crippen molar-refractivity contribution in [2.45, 2.75) is 26.8 Å². The van der Waals surface area contributed by atoms with Gasteiger partial charge < -0.3 is 10.3 Å². The van der Waals surface area contributed by atoms with Crippen molar-refractivity contribution >= 4 is 16.3 Å². The van der Waals surface area contributed by atoms with Gasteiger partial charge in [0.15, 0.2) is 5.82 Å². The van der Waals surface area contributed by atoms with Crippen LogP contribution in [0, 0.1) is 6.92 Å². The second kappa shape index (κ2) is 4.02. The zero-order valence-corrected chi connectivity index (χ0v) is 9.71. The normalized spacial score (nSPS) is 10.8. The fraction of sp³-hybridized carbons (Fsp3) is 0.400. The molecule has 5 heteroatoms. The highest BCUT2D eigenvalue weighted by molar-refractivity contribution is 7.19. The summed E-state index contributed by atoms with van der Waals surface area (Å²) < 4.78 is 2.13. The number of hydrogen-bond acceptors (Lipinski definition) is 4. The second-order valence-electron chi connectivity index (χ2n) is 3.42. The summed E-state index contributed by atoms with van der Waals surface area (Å²) in [6.45, 7) is 5.07. The fourth-order valence-electron chi connectivity index (χ4n) is 1.53. The topological polar surface area (TPSA) is 56.7 Å². The molecule has 0 unspecified atom stereocenters. The summed E-state index contributed by atoms with van der Waals surface area (Å²) in [5.41, 5.74) is 5.71. The third-order valence-electron chi connectivity index (χ3n) is 2.23. The number of rotatable bonds is 3. The maximum Gasteiger partial charge on any atom is 0.174 e. The first-order valence-corrected chi connectivity index (χ1v) is 5.79. The molecule has 0 aromatic carbocycles. The Balaban J connectivity index is 2.43. The average Bonchev–Trinajstić information content (AvgIpc) is 2.76. The van der Waals surface area contributed by atoms with Gasteiger partial charge in [-0.15, -0.1) is 21.5 Å². The molecule has 0 spiro atoms. The molecule has 2 heterocycles. The van der Waals surface area contributed by atoms with Gasteiger partial charge in [0.2, 0.25) is 0 Å². The number of nitrogens with two attached hydrogens (primary N) is 1. The Hall–Kier alpha value is -1.36. The monoisotopic (exact) mass is 222 g/mol. The number of anilines is 1. The van der Waals surface area contributed by atoms with Crippen molar-refractivity contribution in [1.29, 1.82) is 0 Å². The number of aromatic nitrogens is 3. The molecule has 2 N–H and O–H groups in total. The first kappa shape index (κ1) is 10.2. The quantitative estimate of drug-likeness (QED) is 0.867. The molecule has 0 aliphatic carbocycles. The molecule has 0 atom stereocenters. The molecule has 4 nitrogen and oxygen atoms in total. The van der Waals surface area contributed by atoms with E-state index in [0.717, 1.165) is 34.5 Å². The molecule has 0 aliphatic rings. The zero-order chi connectivity index (χ0) is 10.8. The molecule has 2 rings (SSSR count). The van der Waals surface area contributed by atoms with E-state index in [0.29, 0.717) is 0 Å². The van der Waals surface area contributed by atoms with Crippen LogP contribution in [-0.4, -0.2) is 14.8 Å². The molecule has 0 amide bonds. The Kier molecular flexibility index (Phi) is 2.73. The Morgan fingerprint density at radius 1 is 1.40 bits per heavy atom. The first-order chi connectivity index (χ1) is 7.22. The summed E-state index contributed by atoms with van der Waals surface area (Å²) in [6.07, 6.45) is 1.08. The van der Waals surface area contributed by atoms with Gasteiger partial charge in [-0.25, -0.2) is 0 Å². The van der Waals surface area contributed by atoms with Crippen LogP contribution in [-0.2, 0) is 6.54 Å². The van der Waals surface area contributed by atoms with Crippen LogP contribution < -0.4 is 5.73 Å². The van der Waals surface area contributed by atoms with Crippen molar-refractivity contribution in [3.8, 4) is 10.7 Å². The Labute approximate surface area is 92.8 Å². The Morgan fingerprint density at radius 3 is 2.80 bits per heavy atom. The maximum absolute atomic E-state index is 5.71. The lowest BCUT2D eigenvalue weighted by atomic mass is 10.4. The first-order valence-electron chi connectivity index (χ1n) is 4.98. The highest BCUT2D eigenvalue weighted by Crippen LogP contribution is 2.28. The molecular formula is C10H14N4S. The van der Waals surface area contributed by atoms with E-state index >= 15 is 0 Å². The summed E-state index contributed by atoms with van der Waals surface area (Å²) in [4.78, 5) is 1.08. The largest absolute Gasteiger partial charge is 0.391 e. The van der Waals surface area contributed by atoms with Crippen molar-refractivity contribution in [3.63, 3.8) is 0 Å². The highest BCUT2D eigenvalue weighted by atomic mass is 32.1. The van der Waals surface area contributed by atoms with Crippen LogP contribution in [0.25, 0.3) is 10.7 Å². The summed E-state index contributed by atoms with van der Waals surface area (Å²) in [6, 6.07) is 3.90. The van der Waals surface area contributed by atoms with E-state index in [-0.39, 0.29) is 0 Å². The molecule has 80 valence electrons. The summed E-state index contributed by atoms with van der Waals surface area (Å²) in [7, 11) is 0. The van der Waals surface area contributed by atoms with Gasteiger partial charge in [-0.05, 0) is 25.5 Å². The average molecular weight is 222 g/mol. The number of thiophene rings is 1. The standard InChI is InChI=1S/C10H14N4S/c1-3-6-14-7(2)12-13-10(14)8-4-5-9(11)15-8/h4-5H,3,6,11H2,1-2H3. The molecule has 0 bridgehead atoms. The van der Waals surface area contributed by atoms with Crippen LogP contribution in [0.3, 0.4) is 0 Å².